The van der Waals surface area contributed by atoms with Crippen molar-refractivity contribution in [3.63, 3.8) is 0 Å². The average molecular weight is 292 g/mol. The normalized spacial score (nSPS) is 29.1. The number of carboxylic acid groups (broad SMARTS) is 1. The Balaban J connectivity index is 1.75. The van der Waals surface area contributed by atoms with E-state index in [0.29, 0.717) is 18.8 Å². The molecule has 2 atom stereocenters. The predicted molar refractivity (Wildman–Crippen MR) is 73.9 cm³/mol. The second-order valence-electron chi connectivity index (χ2n) is 6.43. The Morgan fingerprint density at radius 1 is 1.43 bits per heavy atom. The number of carboxylic acids is 1. The summed E-state index contributed by atoms with van der Waals surface area (Å²) in [4.78, 5) is 23.9. The third-order valence-electron chi connectivity index (χ3n) is 4.50. The number of carbonyl (C=O) groups is 2. The number of nitrogens with zero attached hydrogens (tertiary/aromatic N) is 1. The summed E-state index contributed by atoms with van der Waals surface area (Å²) in [6.07, 6.45) is 4.85. The van der Waals surface area contributed by atoms with E-state index in [-0.39, 0.29) is 11.6 Å². The van der Waals surface area contributed by atoms with Crippen LogP contribution in [0, 0.1) is 5.92 Å². The van der Waals surface area contributed by atoms with Gasteiger partial charge in [0.05, 0.1) is 0 Å². The topological polar surface area (TPSA) is 92.4 Å². The van der Waals surface area contributed by atoms with Crippen LogP contribution in [-0.4, -0.2) is 27.7 Å². The molecule has 2 saturated carbocycles. The van der Waals surface area contributed by atoms with Crippen LogP contribution >= 0.6 is 0 Å². The highest BCUT2D eigenvalue weighted by Crippen LogP contribution is 2.40. The first kappa shape index (κ1) is 14.1. The molecule has 114 valence electrons. The van der Waals surface area contributed by atoms with Crippen LogP contribution in [0.1, 0.15) is 67.6 Å². The number of hydrogen-bond acceptors (Lipinski definition) is 4. The van der Waals surface area contributed by atoms with E-state index >= 15 is 0 Å². The van der Waals surface area contributed by atoms with Crippen LogP contribution in [0.4, 0.5) is 0 Å². The number of nitrogens with one attached hydrogen (secondary N) is 1. The van der Waals surface area contributed by atoms with Crippen molar-refractivity contribution in [3.05, 3.63) is 17.5 Å². The predicted octanol–water partition coefficient (Wildman–Crippen LogP) is 2.32. The highest BCUT2D eigenvalue weighted by atomic mass is 16.5. The van der Waals surface area contributed by atoms with Gasteiger partial charge in [-0.1, -0.05) is 24.9 Å². The summed E-state index contributed by atoms with van der Waals surface area (Å²) in [6.45, 7) is 2.02. The van der Waals surface area contributed by atoms with Gasteiger partial charge in [0.25, 0.3) is 5.91 Å². The summed E-state index contributed by atoms with van der Waals surface area (Å²) < 4.78 is 5.16. The minimum Gasteiger partial charge on any atom is -0.480 e. The van der Waals surface area contributed by atoms with E-state index in [1.165, 1.54) is 0 Å². The van der Waals surface area contributed by atoms with E-state index in [1.807, 2.05) is 6.92 Å². The molecule has 1 aromatic heterocycles. The Kier molecular flexibility index (Phi) is 3.47. The van der Waals surface area contributed by atoms with E-state index in [1.54, 1.807) is 6.07 Å². The van der Waals surface area contributed by atoms with Gasteiger partial charge in [-0.15, -0.1) is 0 Å². The molecule has 1 heterocycles. The van der Waals surface area contributed by atoms with Gasteiger partial charge in [0.1, 0.15) is 11.3 Å². The van der Waals surface area contributed by atoms with Crippen LogP contribution < -0.4 is 5.32 Å². The lowest BCUT2D eigenvalue weighted by molar-refractivity contribution is -0.146. The largest absolute Gasteiger partial charge is 0.480 e. The number of rotatable bonds is 4. The fourth-order valence-corrected chi connectivity index (χ4v) is 3.15. The Morgan fingerprint density at radius 3 is 2.81 bits per heavy atom. The van der Waals surface area contributed by atoms with Crippen LogP contribution in [0.2, 0.25) is 0 Å². The van der Waals surface area contributed by atoms with Gasteiger partial charge in [-0.25, -0.2) is 4.79 Å². The zero-order valence-corrected chi connectivity index (χ0v) is 12.1. The lowest BCUT2D eigenvalue weighted by atomic mass is 9.76. The first-order valence-electron chi connectivity index (χ1n) is 7.53. The number of carbonyl (C=O) groups excluding carboxylic acids is 1. The molecule has 6 nitrogen and oxygen atoms in total. The number of hydrogen-bond donors (Lipinski definition) is 2. The summed E-state index contributed by atoms with van der Waals surface area (Å²) in [5.74, 6) is -0.0336. The third-order valence-corrected chi connectivity index (χ3v) is 4.50. The molecule has 2 fully saturated rings. The van der Waals surface area contributed by atoms with Gasteiger partial charge in [-0.2, -0.15) is 0 Å². The molecule has 0 radical (unpaired) electrons. The SMILES string of the molecule is CC1CCCC(NC(=O)c2cc(C3CC3)on2)(C(=O)O)C1. The van der Waals surface area contributed by atoms with E-state index in [0.717, 1.165) is 31.4 Å². The Morgan fingerprint density at radius 2 is 2.19 bits per heavy atom. The molecule has 1 aromatic rings. The molecule has 21 heavy (non-hydrogen) atoms. The number of aliphatic carboxylic acids is 1. The Labute approximate surface area is 122 Å². The molecule has 6 heteroatoms. The van der Waals surface area contributed by atoms with E-state index < -0.39 is 17.4 Å². The molecule has 1 amide bonds. The minimum absolute atomic E-state index is 0.177. The van der Waals surface area contributed by atoms with Gasteiger partial charge in [-0.05, 0) is 31.6 Å². The summed E-state index contributed by atoms with van der Waals surface area (Å²) in [5, 5.41) is 16.0. The van der Waals surface area contributed by atoms with Gasteiger partial charge < -0.3 is 14.9 Å². The second-order valence-corrected chi connectivity index (χ2v) is 6.43. The molecule has 2 aliphatic carbocycles. The fraction of sp³-hybridized carbons (Fsp3) is 0.667. The lowest BCUT2D eigenvalue weighted by Gasteiger charge is -2.36. The highest BCUT2D eigenvalue weighted by Gasteiger charge is 2.43. The van der Waals surface area contributed by atoms with Crippen molar-refractivity contribution >= 4 is 11.9 Å². The molecule has 0 saturated heterocycles. The smallest absolute Gasteiger partial charge is 0.329 e. The Hall–Kier alpha value is -1.85. The highest BCUT2D eigenvalue weighted by molar-refractivity contribution is 5.96. The van der Waals surface area contributed by atoms with Crippen molar-refractivity contribution in [2.75, 3.05) is 0 Å². The van der Waals surface area contributed by atoms with E-state index in [2.05, 4.69) is 10.5 Å². The van der Waals surface area contributed by atoms with Gasteiger partial charge in [0.15, 0.2) is 5.69 Å². The number of amides is 1. The van der Waals surface area contributed by atoms with Crippen LogP contribution in [0.25, 0.3) is 0 Å². The maximum atomic E-state index is 12.3. The quantitative estimate of drug-likeness (QED) is 0.888. The number of aromatic nitrogens is 1. The molecule has 3 rings (SSSR count). The summed E-state index contributed by atoms with van der Waals surface area (Å²) >= 11 is 0. The molecule has 0 aromatic carbocycles. The van der Waals surface area contributed by atoms with Gasteiger partial charge in [0, 0.05) is 12.0 Å². The standard InChI is InChI=1S/C15H20N2O4/c1-9-3-2-6-15(8-9,14(19)20)16-13(18)11-7-12(21-17-11)10-4-5-10/h7,9-10H,2-6,8H2,1H3,(H,16,18)(H,19,20). The van der Waals surface area contributed by atoms with Crippen molar-refractivity contribution in [3.8, 4) is 0 Å². The molecular weight excluding hydrogens is 272 g/mol. The zero-order chi connectivity index (χ0) is 15.0. The second kappa shape index (κ2) is 5.16. The first-order valence-corrected chi connectivity index (χ1v) is 7.53. The molecule has 0 aliphatic heterocycles. The fourth-order valence-electron chi connectivity index (χ4n) is 3.15. The van der Waals surface area contributed by atoms with Gasteiger partial charge in [-0.3, -0.25) is 4.79 Å². The molecule has 2 aliphatic rings. The van der Waals surface area contributed by atoms with Crippen molar-refractivity contribution in [1.29, 1.82) is 0 Å². The van der Waals surface area contributed by atoms with E-state index in [4.69, 9.17) is 4.52 Å². The summed E-state index contributed by atoms with van der Waals surface area (Å²) in [6, 6.07) is 1.63. The Bertz CT molecular complexity index is 564. The lowest BCUT2D eigenvalue weighted by Crippen LogP contribution is -2.56. The van der Waals surface area contributed by atoms with Crippen molar-refractivity contribution in [2.24, 2.45) is 5.92 Å². The monoisotopic (exact) mass is 292 g/mol. The van der Waals surface area contributed by atoms with Gasteiger partial charge in [0.2, 0.25) is 0 Å². The minimum atomic E-state index is -1.17. The average Bonchev–Trinajstić information content (AvgIpc) is 3.16. The van der Waals surface area contributed by atoms with E-state index in [9.17, 15) is 14.7 Å². The molecular formula is C15H20N2O4. The van der Waals surface area contributed by atoms with Crippen LogP contribution in [0.3, 0.4) is 0 Å². The molecule has 0 bridgehead atoms. The van der Waals surface area contributed by atoms with Crippen LogP contribution in [0.5, 0.6) is 0 Å². The first-order chi connectivity index (χ1) is 10.00. The summed E-state index contributed by atoms with van der Waals surface area (Å²) in [7, 11) is 0. The molecule has 2 N–H and O–H groups in total. The third kappa shape index (κ3) is 2.80. The van der Waals surface area contributed by atoms with Crippen molar-refractivity contribution in [1.82, 2.24) is 10.5 Å². The van der Waals surface area contributed by atoms with Crippen LogP contribution in [-0.2, 0) is 4.79 Å². The molecule has 2 unspecified atom stereocenters. The van der Waals surface area contributed by atoms with Gasteiger partial charge >= 0.3 is 5.97 Å². The maximum absolute atomic E-state index is 12.3. The zero-order valence-electron chi connectivity index (χ0n) is 12.1. The van der Waals surface area contributed by atoms with Crippen molar-refractivity contribution in [2.45, 2.75) is 56.9 Å². The van der Waals surface area contributed by atoms with Crippen molar-refractivity contribution < 1.29 is 19.2 Å². The van der Waals surface area contributed by atoms with Crippen LogP contribution in [0.15, 0.2) is 10.6 Å². The summed E-state index contributed by atoms with van der Waals surface area (Å²) in [5.41, 5.74) is -0.997. The maximum Gasteiger partial charge on any atom is 0.329 e. The molecule has 0 spiro atoms.